The average molecular weight is 310 g/mol. The van der Waals surface area contributed by atoms with Crippen LogP contribution in [-0.2, 0) is 17.2 Å². The molecule has 0 spiro atoms. The van der Waals surface area contributed by atoms with Gasteiger partial charge in [-0.1, -0.05) is 13.8 Å². The normalized spacial score (nSPS) is 16.2. The van der Waals surface area contributed by atoms with Gasteiger partial charge in [-0.25, -0.2) is 9.97 Å². The van der Waals surface area contributed by atoms with Crippen LogP contribution in [0.5, 0.6) is 0 Å². The van der Waals surface area contributed by atoms with Crippen molar-refractivity contribution >= 4 is 22.4 Å². The fraction of sp³-hybridized carbons (Fsp3) is 0.733. The van der Waals surface area contributed by atoms with Gasteiger partial charge in [0.15, 0.2) is 0 Å². The lowest BCUT2D eigenvalue weighted by molar-refractivity contribution is 0.671. The molecule has 1 aromatic rings. The summed E-state index contributed by atoms with van der Waals surface area (Å²) in [5, 5.41) is 3.41. The SMILES string of the molecule is CCCNc1nc(CCC)nc(N2CCS(=O)CC2)c1C. The van der Waals surface area contributed by atoms with Gasteiger partial charge in [0.1, 0.15) is 17.5 Å². The van der Waals surface area contributed by atoms with E-state index in [1.54, 1.807) is 0 Å². The molecule has 0 aliphatic carbocycles. The second kappa shape index (κ2) is 7.73. The molecule has 1 aliphatic rings. The molecule has 6 heteroatoms. The first-order chi connectivity index (χ1) is 10.2. The first kappa shape index (κ1) is 16.2. The predicted octanol–water partition coefficient (Wildman–Crippen LogP) is 2.13. The standard InChI is InChI=1S/C15H26N4OS/c1-4-6-13-17-14(16-7-5-2)12(3)15(18-13)19-8-10-21(20)11-9-19/h4-11H2,1-3H3,(H,16,17,18). The Morgan fingerprint density at radius 3 is 2.52 bits per heavy atom. The molecule has 1 saturated heterocycles. The van der Waals surface area contributed by atoms with Crippen LogP contribution in [0, 0.1) is 6.92 Å². The van der Waals surface area contributed by atoms with Crippen LogP contribution in [0.15, 0.2) is 0 Å². The van der Waals surface area contributed by atoms with E-state index >= 15 is 0 Å². The highest BCUT2D eigenvalue weighted by molar-refractivity contribution is 7.85. The number of hydrogen-bond donors (Lipinski definition) is 1. The minimum atomic E-state index is -0.661. The van der Waals surface area contributed by atoms with Crippen molar-refractivity contribution < 1.29 is 4.21 Å². The second-order valence-electron chi connectivity index (χ2n) is 5.45. The molecule has 2 rings (SSSR count). The maximum Gasteiger partial charge on any atom is 0.137 e. The monoisotopic (exact) mass is 310 g/mol. The number of nitrogens with one attached hydrogen (secondary N) is 1. The van der Waals surface area contributed by atoms with E-state index in [1.165, 1.54) is 0 Å². The van der Waals surface area contributed by atoms with Gasteiger partial charge in [-0.05, 0) is 19.8 Å². The van der Waals surface area contributed by atoms with Crippen LogP contribution >= 0.6 is 0 Å². The van der Waals surface area contributed by atoms with Crippen LogP contribution < -0.4 is 10.2 Å². The molecule has 0 atom stereocenters. The molecule has 1 aliphatic heterocycles. The third-order valence-electron chi connectivity index (χ3n) is 3.66. The zero-order chi connectivity index (χ0) is 15.2. The second-order valence-corrected chi connectivity index (χ2v) is 7.15. The van der Waals surface area contributed by atoms with Crippen molar-refractivity contribution in [3.05, 3.63) is 11.4 Å². The molecular formula is C15H26N4OS. The fourth-order valence-corrected chi connectivity index (χ4v) is 3.51. The van der Waals surface area contributed by atoms with Gasteiger partial charge in [0.25, 0.3) is 0 Å². The Bertz CT molecular complexity index is 497. The first-order valence-corrected chi connectivity index (χ1v) is 9.35. The molecule has 1 aromatic heterocycles. The lowest BCUT2D eigenvalue weighted by Crippen LogP contribution is -2.39. The molecule has 21 heavy (non-hydrogen) atoms. The Labute approximate surface area is 130 Å². The van der Waals surface area contributed by atoms with E-state index in [2.05, 4.69) is 36.0 Å². The molecule has 1 fully saturated rings. The molecule has 2 heterocycles. The lowest BCUT2D eigenvalue weighted by atomic mass is 10.2. The van der Waals surface area contributed by atoms with E-state index in [4.69, 9.17) is 4.98 Å². The van der Waals surface area contributed by atoms with Crippen molar-refractivity contribution in [3.8, 4) is 0 Å². The topological polar surface area (TPSA) is 58.1 Å². The summed E-state index contributed by atoms with van der Waals surface area (Å²) in [5.74, 6) is 4.36. The quantitative estimate of drug-likeness (QED) is 0.872. The Balaban J connectivity index is 2.28. The van der Waals surface area contributed by atoms with Gasteiger partial charge in [-0.3, -0.25) is 4.21 Å². The Morgan fingerprint density at radius 1 is 1.19 bits per heavy atom. The van der Waals surface area contributed by atoms with Crippen LogP contribution in [0.4, 0.5) is 11.6 Å². The molecule has 0 bridgehead atoms. The summed E-state index contributed by atoms with van der Waals surface area (Å²) in [6, 6.07) is 0. The zero-order valence-electron chi connectivity index (χ0n) is 13.3. The van der Waals surface area contributed by atoms with Crippen molar-refractivity contribution in [1.29, 1.82) is 0 Å². The summed E-state index contributed by atoms with van der Waals surface area (Å²) in [7, 11) is -0.661. The molecule has 0 saturated carbocycles. The van der Waals surface area contributed by atoms with E-state index in [-0.39, 0.29) is 0 Å². The Morgan fingerprint density at radius 2 is 1.90 bits per heavy atom. The van der Waals surface area contributed by atoms with Crippen LogP contribution in [0.3, 0.4) is 0 Å². The molecule has 0 unspecified atom stereocenters. The number of rotatable bonds is 6. The minimum Gasteiger partial charge on any atom is -0.370 e. The van der Waals surface area contributed by atoms with E-state index < -0.39 is 10.8 Å². The van der Waals surface area contributed by atoms with Crippen LogP contribution in [0.1, 0.15) is 38.1 Å². The Hall–Kier alpha value is -1.17. The van der Waals surface area contributed by atoms with Crippen LogP contribution in [-0.4, -0.2) is 45.3 Å². The van der Waals surface area contributed by atoms with Gasteiger partial charge in [0, 0.05) is 53.9 Å². The summed E-state index contributed by atoms with van der Waals surface area (Å²) >= 11 is 0. The highest BCUT2D eigenvalue weighted by Crippen LogP contribution is 2.25. The number of anilines is 2. The lowest BCUT2D eigenvalue weighted by Gasteiger charge is -2.29. The smallest absolute Gasteiger partial charge is 0.137 e. The Kier molecular flexibility index (Phi) is 5.96. The molecule has 0 amide bonds. The molecule has 1 N–H and O–H groups in total. The van der Waals surface area contributed by atoms with Gasteiger partial charge in [0.05, 0.1) is 0 Å². The summed E-state index contributed by atoms with van der Waals surface area (Å²) in [6.07, 6.45) is 3.01. The highest BCUT2D eigenvalue weighted by atomic mass is 32.2. The highest BCUT2D eigenvalue weighted by Gasteiger charge is 2.20. The summed E-state index contributed by atoms with van der Waals surface area (Å²) in [5.41, 5.74) is 1.11. The molecule has 118 valence electrons. The van der Waals surface area contributed by atoms with E-state index in [0.29, 0.717) is 0 Å². The van der Waals surface area contributed by atoms with Crippen molar-refractivity contribution in [2.24, 2.45) is 0 Å². The van der Waals surface area contributed by atoms with Gasteiger partial charge in [-0.15, -0.1) is 0 Å². The molecule has 0 aromatic carbocycles. The summed E-state index contributed by atoms with van der Waals surface area (Å²) in [6.45, 7) is 8.94. The van der Waals surface area contributed by atoms with Crippen LogP contribution in [0.2, 0.25) is 0 Å². The van der Waals surface area contributed by atoms with Gasteiger partial charge >= 0.3 is 0 Å². The van der Waals surface area contributed by atoms with E-state index in [9.17, 15) is 4.21 Å². The summed E-state index contributed by atoms with van der Waals surface area (Å²) in [4.78, 5) is 11.7. The molecule has 5 nitrogen and oxygen atoms in total. The first-order valence-electron chi connectivity index (χ1n) is 7.87. The number of aromatic nitrogens is 2. The van der Waals surface area contributed by atoms with Crippen LogP contribution in [0.25, 0.3) is 0 Å². The van der Waals surface area contributed by atoms with Crippen molar-refractivity contribution in [3.63, 3.8) is 0 Å². The summed E-state index contributed by atoms with van der Waals surface area (Å²) < 4.78 is 11.5. The third-order valence-corrected chi connectivity index (χ3v) is 4.94. The maximum absolute atomic E-state index is 11.5. The van der Waals surface area contributed by atoms with E-state index in [0.717, 1.165) is 73.4 Å². The number of hydrogen-bond acceptors (Lipinski definition) is 5. The average Bonchev–Trinajstić information content (AvgIpc) is 2.49. The fourth-order valence-electron chi connectivity index (χ4n) is 2.46. The predicted molar refractivity (Wildman–Crippen MR) is 89.6 cm³/mol. The number of nitrogens with zero attached hydrogens (tertiary/aromatic N) is 3. The van der Waals surface area contributed by atoms with Crippen molar-refractivity contribution in [2.45, 2.75) is 40.0 Å². The molecule has 0 radical (unpaired) electrons. The minimum absolute atomic E-state index is 0.661. The van der Waals surface area contributed by atoms with Crippen molar-refractivity contribution in [1.82, 2.24) is 9.97 Å². The zero-order valence-corrected chi connectivity index (χ0v) is 14.1. The van der Waals surface area contributed by atoms with Crippen molar-refractivity contribution in [2.75, 3.05) is 41.4 Å². The third kappa shape index (κ3) is 4.15. The van der Waals surface area contributed by atoms with E-state index in [1.807, 2.05) is 0 Å². The maximum atomic E-state index is 11.5. The van der Waals surface area contributed by atoms with Gasteiger partial charge in [-0.2, -0.15) is 0 Å². The van der Waals surface area contributed by atoms with Gasteiger partial charge in [0.2, 0.25) is 0 Å². The van der Waals surface area contributed by atoms with Gasteiger partial charge < -0.3 is 10.2 Å². The largest absolute Gasteiger partial charge is 0.370 e. The molecular weight excluding hydrogens is 284 g/mol. The number of aryl methyl sites for hydroxylation is 1.